The quantitative estimate of drug-likeness (QED) is 0.780. The molecule has 0 aliphatic carbocycles. The predicted octanol–water partition coefficient (Wildman–Crippen LogP) is 0.967. The van der Waals surface area contributed by atoms with Crippen LogP contribution in [-0.2, 0) is 4.79 Å². The number of halogens is 1. The Morgan fingerprint density at radius 2 is 1.86 bits per heavy atom. The number of nitrogens with two attached hydrogens (primary N) is 1. The lowest BCUT2D eigenvalue weighted by Crippen LogP contribution is -2.45. The second kappa shape index (κ2) is 6.53. The number of carbonyl (C=O) groups excluding carboxylic acids is 1. The standard InChI is InChI=1S/C9H18N2OS.ClH/c1-7(8(2)10)9(12)11-3-5-13-6-4-11;/h7-8H,3-6,10H2,1-2H3;1H. The highest BCUT2D eigenvalue weighted by Crippen LogP contribution is 2.13. The lowest BCUT2D eigenvalue weighted by molar-refractivity contribution is -0.135. The molecule has 1 aliphatic heterocycles. The fraction of sp³-hybridized carbons (Fsp3) is 0.889. The minimum absolute atomic E-state index is 0. The van der Waals surface area contributed by atoms with Crippen LogP contribution in [0.5, 0.6) is 0 Å². The number of thioether (sulfide) groups is 1. The van der Waals surface area contributed by atoms with E-state index in [1.165, 1.54) is 0 Å². The molecule has 2 atom stereocenters. The number of hydrogen-bond donors (Lipinski definition) is 1. The van der Waals surface area contributed by atoms with E-state index in [-0.39, 0.29) is 30.3 Å². The van der Waals surface area contributed by atoms with Crippen molar-refractivity contribution in [1.82, 2.24) is 4.90 Å². The van der Waals surface area contributed by atoms with Crippen LogP contribution in [-0.4, -0.2) is 41.4 Å². The fourth-order valence-corrected chi connectivity index (χ4v) is 2.20. The van der Waals surface area contributed by atoms with Gasteiger partial charge in [0.1, 0.15) is 0 Å². The summed E-state index contributed by atoms with van der Waals surface area (Å²) >= 11 is 1.91. The van der Waals surface area contributed by atoms with Crippen LogP contribution < -0.4 is 5.73 Å². The van der Waals surface area contributed by atoms with Gasteiger partial charge in [-0.3, -0.25) is 4.79 Å². The van der Waals surface area contributed by atoms with Crippen molar-refractivity contribution in [2.24, 2.45) is 11.7 Å². The minimum atomic E-state index is -0.0397. The molecule has 0 aromatic heterocycles. The maximum atomic E-state index is 11.8. The summed E-state index contributed by atoms with van der Waals surface area (Å²) in [5, 5.41) is 0. The van der Waals surface area contributed by atoms with Gasteiger partial charge in [0.05, 0.1) is 5.92 Å². The van der Waals surface area contributed by atoms with E-state index in [2.05, 4.69) is 0 Å². The summed E-state index contributed by atoms with van der Waals surface area (Å²) in [7, 11) is 0. The molecule has 0 bridgehead atoms. The third-order valence-corrected chi connectivity index (χ3v) is 3.44. The number of hydrogen-bond acceptors (Lipinski definition) is 3. The van der Waals surface area contributed by atoms with Crippen LogP contribution in [0.25, 0.3) is 0 Å². The predicted molar refractivity (Wildman–Crippen MR) is 64.0 cm³/mol. The fourth-order valence-electron chi connectivity index (χ4n) is 1.30. The first-order valence-corrected chi connectivity index (χ1v) is 5.90. The highest BCUT2D eigenvalue weighted by atomic mass is 35.5. The Morgan fingerprint density at radius 3 is 2.29 bits per heavy atom. The zero-order valence-corrected chi connectivity index (χ0v) is 10.4. The molecule has 1 rings (SSSR count). The second-order valence-electron chi connectivity index (χ2n) is 3.59. The van der Waals surface area contributed by atoms with Crippen molar-refractivity contribution in [3.63, 3.8) is 0 Å². The van der Waals surface area contributed by atoms with Crippen LogP contribution in [0.1, 0.15) is 13.8 Å². The van der Waals surface area contributed by atoms with E-state index in [4.69, 9.17) is 5.73 Å². The van der Waals surface area contributed by atoms with Crippen LogP contribution in [0.4, 0.5) is 0 Å². The highest BCUT2D eigenvalue weighted by molar-refractivity contribution is 7.99. The Balaban J connectivity index is 0.00000169. The van der Waals surface area contributed by atoms with Gasteiger partial charge >= 0.3 is 0 Å². The Labute approximate surface area is 96.2 Å². The van der Waals surface area contributed by atoms with E-state index in [1.54, 1.807) is 0 Å². The van der Waals surface area contributed by atoms with E-state index in [9.17, 15) is 4.79 Å². The average Bonchev–Trinajstić information content (AvgIpc) is 2.17. The summed E-state index contributed by atoms with van der Waals surface area (Å²) in [6, 6.07) is -0.0397. The molecule has 1 fully saturated rings. The minimum Gasteiger partial charge on any atom is -0.341 e. The summed E-state index contributed by atoms with van der Waals surface area (Å²) in [5.74, 6) is 2.31. The molecule has 1 saturated heterocycles. The lowest BCUT2D eigenvalue weighted by atomic mass is 10.0. The van der Waals surface area contributed by atoms with Gasteiger partial charge in [-0.2, -0.15) is 11.8 Å². The van der Waals surface area contributed by atoms with Crippen LogP contribution >= 0.6 is 24.2 Å². The van der Waals surface area contributed by atoms with Crippen molar-refractivity contribution in [3.05, 3.63) is 0 Å². The summed E-state index contributed by atoms with van der Waals surface area (Å²) in [4.78, 5) is 13.7. The van der Waals surface area contributed by atoms with Crippen LogP contribution in [0.3, 0.4) is 0 Å². The maximum Gasteiger partial charge on any atom is 0.227 e. The third kappa shape index (κ3) is 3.67. The van der Waals surface area contributed by atoms with E-state index in [0.29, 0.717) is 0 Å². The summed E-state index contributed by atoms with van der Waals surface area (Å²) in [5.41, 5.74) is 5.69. The molecule has 1 heterocycles. The van der Waals surface area contributed by atoms with Crippen molar-refractivity contribution < 1.29 is 4.79 Å². The van der Waals surface area contributed by atoms with Crippen molar-refractivity contribution >= 4 is 30.1 Å². The van der Waals surface area contributed by atoms with Gasteiger partial charge in [-0.1, -0.05) is 6.92 Å². The van der Waals surface area contributed by atoms with E-state index >= 15 is 0 Å². The molecule has 0 spiro atoms. The Morgan fingerprint density at radius 1 is 1.36 bits per heavy atom. The van der Waals surface area contributed by atoms with Gasteiger partial charge in [-0.25, -0.2) is 0 Å². The van der Waals surface area contributed by atoms with Crippen LogP contribution in [0, 0.1) is 5.92 Å². The largest absolute Gasteiger partial charge is 0.341 e. The molecule has 1 aliphatic rings. The topological polar surface area (TPSA) is 46.3 Å². The molecule has 1 amide bonds. The molecule has 2 N–H and O–H groups in total. The first-order valence-electron chi connectivity index (χ1n) is 4.75. The highest BCUT2D eigenvalue weighted by Gasteiger charge is 2.24. The number of nitrogens with zero attached hydrogens (tertiary/aromatic N) is 1. The number of rotatable bonds is 2. The second-order valence-corrected chi connectivity index (χ2v) is 4.81. The van der Waals surface area contributed by atoms with E-state index in [0.717, 1.165) is 24.6 Å². The van der Waals surface area contributed by atoms with E-state index < -0.39 is 0 Å². The Kier molecular flexibility index (Phi) is 6.57. The summed E-state index contributed by atoms with van der Waals surface area (Å²) < 4.78 is 0. The molecule has 2 unspecified atom stereocenters. The smallest absolute Gasteiger partial charge is 0.227 e. The monoisotopic (exact) mass is 238 g/mol. The summed E-state index contributed by atoms with van der Waals surface area (Å²) in [6.07, 6.45) is 0. The van der Waals surface area contributed by atoms with Gasteiger partial charge in [-0.05, 0) is 6.92 Å². The molecule has 0 aromatic carbocycles. The molecule has 84 valence electrons. The van der Waals surface area contributed by atoms with Crippen LogP contribution in [0.2, 0.25) is 0 Å². The van der Waals surface area contributed by atoms with Gasteiger partial charge < -0.3 is 10.6 Å². The lowest BCUT2D eigenvalue weighted by Gasteiger charge is -2.30. The average molecular weight is 239 g/mol. The SMILES string of the molecule is CC(N)C(C)C(=O)N1CCSCC1.Cl. The zero-order valence-electron chi connectivity index (χ0n) is 8.73. The van der Waals surface area contributed by atoms with Gasteiger partial charge in [0, 0.05) is 30.6 Å². The molecular formula is C9H19ClN2OS. The van der Waals surface area contributed by atoms with Crippen molar-refractivity contribution in [1.29, 1.82) is 0 Å². The molecule has 14 heavy (non-hydrogen) atoms. The van der Waals surface area contributed by atoms with Crippen molar-refractivity contribution in [2.75, 3.05) is 24.6 Å². The van der Waals surface area contributed by atoms with Crippen molar-refractivity contribution in [3.8, 4) is 0 Å². The molecule has 0 aromatic rings. The molecule has 0 saturated carbocycles. The van der Waals surface area contributed by atoms with Gasteiger partial charge in [0.2, 0.25) is 5.91 Å². The molecule has 5 heteroatoms. The molecule has 0 radical (unpaired) electrons. The summed E-state index contributed by atoms with van der Waals surface area (Å²) in [6.45, 7) is 5.58. The first kappa shape index (κ1) is 14.1. The Bertz CT molecular complexity index is 184. The molecular weight excluding hydrogens is 220 g/mol. The Hall–Kier alpha value is 0.0700. The van der Waals surface area contributed by atoms with Gasteiger partial charge in [0.15, 0.2) is 0 Å². The van der Waals surface area contributed by atoms with E-state index in [1.807, 2.05) is 30.5 Å². The first-order chi connectivity index (χ1) is 6.13. The zero-order chi connectivity index (χ0) is 9.84. The van der Waals surface area contributed by atoms with Gasteiger partial charge in [0.25, 0.3) is 0 Å². The van der Waals surface area contributed by atoms with Gasteiger partial charge in [-0.15, -0.1) is 12.4 Å². The number of amides is 1. The van der Waals surface area contributed by atoms with Crippen molar-refractivity contribution in [2.45, 2.75) is 19.9 Å². The number of carbonyl (C=O) groups is 1. The maximum absolute atomic E-state index is 11.8. The normalized spacial score (nSPS) is 20.9. The third-order valence-electron chi connectivity index (χ3n) is 2.50. The van der Waals surface area contributed by atoms with Crippen LogP contribution in [0.15, 0.2) is 0 Å². The molecule has 3 nitrogen and oxygen atoms in total.